The van der Waals surface area contributed by atoms with E-state index in [1.165, 1.54) is 16.4 Å². The van der Waals surface area contributed by atoms with Gasteiger partial charge in [0.2, 0.25) is 15.9 Å². The predicted octanol–water partition coefficient (Wildman–Crippen LogP) is 3.39. The molecule has 0 saturated carbocycles. The minimum absolute atomic E-state index is 0.140. The van der Waals surface area contributed by atoms with Crippen molar-refractivity contribution in [3.8, 4) is 0 Å². The smallest absolute Gasteiger partial charge is 0.243 e. The van der Waals surface area contributed by atoms with Crippen molar-refractivity contribution in [2.45, 2.75) is 45.6 Å². The number of carbonyl (C=O) groups is 1. The fourth-order valence-corrected chi connectivity index (χ4v) is 5.99. The highest BCUT2D eigenvalue weighted by Crippen LogP contribution is 2.29. The van der Waals surface area contributed by atoms with E-state index in [0.717, 1.165) is 22.3 Å². The molecule has 0 aromatic heterocycles. The Hall–Kier alpha value is -2.29. The number of anilines is 1. The van der Waals surface area contributed by atoms with Crippen molar-refractivity contribution < 1.29 is 17.6 Å². The number of hydrogen-bond donors (Lipinski definition) is 1. The summed E-state index contributed by atoms with van der Waals surface area (Å²) in [6.07, 6.45) is 0. The molecule has 31 heavy (non-hydrogen) atoms. The fourth-order valence-electron chi connectivity index (χ4n) is 3.99. The highest BCUT2D eigenvalue weighted by molar-refractivity contribution is 7.89. The van der Waals surface area contributed by atoms with Crippen LogP contribution in [0.4, 0.5) is 10.1 Å². The van der Waals surface area contributed by atoms with E-state index >= 15 is 0 Å². The van der Waals surface area contributed by atoms with Gasteiger partial charge in [0.25, 0.3) is 0 Å². The molecule has 3 rings (SSSR count). The summed E-state index contributed by atoms with van der Waals surface area (Å²) < 4.78 is 42.1. The number of carbonyl (C=O) groups excluding carboxylic acids is 1. The van der Waals surface area contributed by atoms with Crippen LogP contribution in [0.2, 0.25) is 0 Å². The number of nitrogens with one attached hydrogen (secondary N) is 1. The molecular weight excluding hydrogens is 417 g/mol. The van der Waals surface area contributed by atoms with Crippen LogP contribution >= 0.6 is 0 Å². The highest BCUT2D eigenvalue weighted by Gasteiger charge is 2.34. The van der Waals surface area contributed by atoms with Crippen LogP contribution in [0.15, 0.2) is 35.2 Å². The highest BCUT2D eigenvalue weighted by atomic mass is 32.2. The van der Waals surface area contributed by atoms with Gasteiger partial charge < -0.3 is 5.32 Å². The Morgan fingerprint density at radius 1 is 1.00 bits per heavy atom. The Bertz CT molecular complexity index is 1070. The summed E-state index contributed by atoms with van der Waals surface area (Å²) in [5.74, 6) is -0.805. The van der Waals surface area contributed by atoms with Gasteiger partial charge in [-0.3, -0.25) is 9.69 Å². The van der Waals surface area contributed by atoms with Gasteiger partial charge in [-0.25, -0.2) is 12.8 Å². The third-order valence-corrected chi connectivity index (χ3v) is 8.40. The number of sulfonamides is 1. The van der Waals surface area contributed by atoms with Crippen LogP contribution in [0.1, 0.15) is 29.2 Å². The van der Waals surface area contributed by atoms with Crippen molar-refractivity contribution in [1.82, 2.24) is 9.21 Å². The quantitative estimate of drug-likeness (QED) is 0.763. The number of para-hydroxylation sites is 1. The second-order valence-electron chi connectivity index (χ2n) is 8.17. The average molecular weight is 448 g/mol. The van der Waals surface area contributed by atoms with Gasteiger partial charge in [-0.15, -0.1) is 0 Å². The van der Waals surface area contributed by atoms with E-state index in [9.17, 15) is 17.6 Å². The number of rotatable bonds is 5. The summed E-state index contributed by atoms with van der Waals surface area (Å²) >= 11 is 0. The van der Waals surface area contributed by atoms with E-state index in [-0.39, 0.29) is 11.6 Å². The first kappa shape index (κ1) is 23.4. The standard InChI is InChI=1S/C23H30FN3O3S/c1-15-14-16(2)18(4)22(17(15)3)31(29,30)27-12-10-26(11-13-27)19(5)23(28)25-21-9-7-6-8-20(21)24/h6-9,14,19H,10-13H2,1-5H3,(H,25,28). The van der Waals surface area contributed by atoms with E-state index in [4.69, 9.17) is 0 Å². The van der Waals surface area contributed by atoms with Crippen LogP contribution in [-0.4, -0.2) is 55.8 Å². The van der Waals surface area contributed by atoms with Crippen molar-refractivity contribution >= 4 is 21.6 Å². The van der Waals surface area contributed by atoms with Gasteiger partial charge in [0.1, 0.15) is 5.82 Å². The molecule has 1 unspecified atom stereocenters. The zero-order chi connectivity index (χ0) is 22.9. The Morgan fingerprint density at radius 2 is 1.55 bits per heavy atom. The van der Waals surface area contributed by atoms with Crippen molar-refractivity contribution in [3.63, 3.8) is 0 Å². The Labute approximate surface area is 184 Å². The van der Waals surface area contributed by atoms with E-state index < -0.39 is 21.9 Å². The molecular formula is C23H30FN3O3S. The largest absolute Gasteiger partial charge is 0.322 e. The van der Waals surface area contributed by atoms with Gasteiger partial charge in [-0.1, -0.05) is 18.2 Å². The molecule has 0 radical (unpaired) electrons. The molecule has 6 nitrogen and oxygen atoms in total. The zero-order valence-corrected chi connectivity index (χ0v) is 19.5. The molecule has 1 atom stereocenters. The van der Waals surface area contributed by atoms with E-state index in [1.807, 2.05) is 38.7 Å². The van der Waals surface area contributed by atoms with E-state index in [0.29, 0.717) is 31.1 Å². The summed E-state index contributed by atoms with van der Waals surface area (Å²) in [7, 11) is -3.64. The lowest BCUT2D eigenvalue weighted by Gasteiger charge is -2.37. The molecule has 2 aromatic rings. The van der Waals surface area contributed by atoms with Crippen molar-refractivity contribution in [2.24, 2.45) is 0 Å². The molecule has 2 aromatic carbocycles. The van der Waals surface area contributed by atoms with Crippen molar-refractivity contribution in [2.75, 3.05) is 31.5 Å². The van der Waals surface area contributed by atoms with Gasteiger partial charge in [-0.05, 0) is 69.0 Å². The van der Waals surface area contributed by atoms with Crippen LogP contribution in [0.3, 0.4) is 0 Å². The number of aryl methyl sites for hydroxylation is 2. The molecule has 1 aliphatic rings. The molecule has 1 saturated heterocycles. The maximum absolute atomic E-state index is 13.8. The summed E-state index contributed by atoms with van der Waals surface area (Å²) in [4.78, 5) is 14.9. The van der Waals surface area contributed by atoms with Gasteiger partial charge in [0, 0.05) is 26.2 Å². The third-order valence-electron chi connectivity index (χ3n) is 6.23. The molecule has 0 bridgehead atoms. The average Bonchev–Trinajstić information content (AvgIpc) is 2.73. The van der Waals surface area contributed by atoms with Gasteiger partial charge in [0.15, 0.2) is 0 Å². The maximum Gasteiger partial charge on any atom is 0.243 e. The molecule has 0 aliphatic carbocycles. The SMILES string of the molecule is Cc1cc(C)c(C)c(S(=O)(=O)N2CCN(C(C)C(=O)Nc3ccccc3F)CC2)c1C. The summed E-state index contributed by atoms with van der Waals surface area (Å²) in [5.41, 5.74) is 3.62. The van der Waals surface area contributed by atoms with Gasteiger partial charge in [0.05, 0.1) is 16.6 Å². The lowest BCUT2D eigenvalue weighted by Crippen LogP contribution is -2.54. The summed E-state index contributed by atoms with van der Waals surface area (Å²) in [6.45, 7) is 10.7. The summed E-state index contributed by atoms with van der Waals surface area (Å²) in [6, 6.07) is 7.53. The number of benzene rings is 2. The molecule has 1 fully saturated rings. The lowest BCUT2D eigenvalue weighted by atomic mass is 10.0. The zero-order valence-electron chi connectivity index (χ0n) is 18.7. The maximum atomic E-state index is 13.8. The summed E-state index contributed by atoms with van der Waals surface area (Å²) in [5, 5.41) is 2.61. The number of halogens is 1. The first-order valence-corrected chi connectivity index (χ1v) is 11.8. The molecule has 8 heteroatoms. The van der Waals surface area contributed by atoms with E-state index in [2.05, 4.69) is 5.32 Å². The number of amides is 1. The van der Waals surface area contributed by atoms with E-state index in [1.54, 1.807) is 19.1 Å². The van der Waals surface area contributed by atoms with Crippen LogP contribution in [-0.2, 0) is 14.8 Å². The first-order chi connectivity index (χ1) is 14.5. The lowest BCUT2D eigenvalue weighted by molar-refractivity contribution is -0.121. The normalized spacial score (nSPS) is 16.8. The monoisotopic (exact) mass is 447 g/mol. The molecule has 1 aliphatic heterocycles. The molecule has 1 N–H and O–H groups in total. The predicted molar refractivity (Wildman–Crippen MR) is 120 cm³/mol. The van der Waals surface area contributed by atoms with Crippen LogP contribution < -0.4 is 5.32 Å². The second kappa shape index (κ2) is 9.06. The number of nitrogens with zero attached hydrogens (tertiary/aromatic N) is 2. The molecule has 0 spiro atoms. The molecule has 1 heterocycles. The Balaban J connectivity index is 1.70. The topological polar surface area (TPSA) is 69.7 Å². The van der Waals surface area contributed by atoms with Crippen LogP contribution in [0, 0.1) is 33.5 Å². The second-order valence-corrected chi connectivity index (χ2v) is 10.0. The van der Waals surface area contributed by atoms with Crippen molar-refractivity contribution in [1.29, 1.82) is 0 Å². The molecule has 168 valence electrons. The number of piperazine rings is 1. The van der Waals surface area contributed by atoms with Crippen molar-refractivity contribution in [3.05, 3.63) is 58.4 Å². The van der Waals surface area contributed by atoms with Gasteiger partial charge in [-0.2, -0.15) is 4.31 Å². The minimum Gasteiger partial charge on any atom is -0.322 e. The Kier molecular flexibility index (Phi) is 6.83. The number of hydrogen-bond acceptors (Lipinski definition) is 4. The third kappa shape index (κ3) is 4.66. The van der Waals surface area contributed by atoms with Gasteiger partial charge >= 0.3 is 0 Å². The first-order valence-electron chi connectivity index (χ1n) is 10.4. The van der Waals surface area contributed by atoms with Crippen LogP contribution in [0.5, 0.6) is 0 Å². The molecule has 1 amide bonds. The van der Waals surface area contributed by atoms with Crippen LogP contribution in [0.25, 0.3) is 0 Å². The fraction of sp³-hybridized carbons (Fsp3) is 0.435. The Morgan fingerprint density at radius 3 is 2.10 bits per heavy atom. The minimum atomic E-state index is -3.64.